The van der Waals surface area contributed by atoms with Gasteiger partial charge in [-0.2, -0.15) is 0 Å². The van der Waals surface area contributed by atoms with Crippen molar-refractivity contribution in [2.24, 2.45) is 5.41 Å². The first-order valence-corrected chi connectivity index (χ1v) is 9.78. The summed E-state index contributed by atoms with van der Waals surface area (Å²) in [5.41, 5.74) is 1.49. The molecule has 1 N–H and O–H groups in total. The Hall–Kier alpha value is -1.49. The van der Waals surface area contributed by atoms with Gasteiger partial charge in [0.05, 0.1) is 0 Å². The fraction of sp³-hybridized carbons (Fsp3) is 0.435. The predicted molar refractivity (Wildman–Crippen MR) is 121 cm³/mol. The van der Waals surface area contributed by atoms with Crippen LogP contribution in [0.2, 0.25) is 0 Å². The number of hydrogen-bond donors (Lipinski definition) is 1. The zero-order valence-electron chi connectivity index (χ0n) is 17.7. The lowest BCUT2D eigenvalue weighted by Crippen LogP contribution is -2.44. The molecule has 0 fully saturated rings. The van der Waals surface area contributed by atoms with Crippen LogP contribution in [-0.4, -0.2) is 18.6 Å². The molecule has 0 aliphatic carbocycles. The van der Waals surface area contributed by atoms with Gasteiger partial charge in [0, 0.05) is 11.1 Å². The number of carbonyl (C=O) groups excluding carboxylic acids is 1. The normalized spacial score (nSPS) is 16.4. The number of halogens is 1. The van der Waals surface area contributed by atoms with Gasteiger partial charge in [0.1, 0.15) is 22.0 Å². The van der Waals surface area contributed by atoms with Gasteiger partial charge in [0.25, 0.3) is 0 Å². The van der Waals surface area contributed by atoms with Crippen LogP contribution in [0.1, 0.15) is 48.0 Å². The minimum Gasteiger partial charge on any atom is -0.292 e. The number of nitrogens with one attached hydrogen (secondary N) is 1. The molecule has 0 aromatic rings. The van der Waals surface area contributed by atoms with Crippen LogP contribution in [0.15, 0.2) is 71.9 Å². The third kappa shape index (κ3) is 8.37. The van der Waals surface area contributed by atoms with Crippen LogP contribution in [0.4, 0.5) is 0 Å². The maximum Gasteiger partial charge on any atom is 0.192 e. The van der Waals surface area contributed by atoms with Gasteiger partial charge in [-0.3, -0.25) is 13.9 Å². The highest BCUT2D eigenvalue weighted by Gasteiger charge is 2.33. The lowest BCUT2D eigenvalue weighted by molar-refractivity contribution is -0.111. The summed E-state index contributed by atoms with van der Waals surface area (Å²) in [7, 11) is 1.86. The zero-order chi connectivity index (χ0) is 21.1. The molecule has 0 aromatic heterocycles. The van der Waals surface area contributed by atoms with Crippen molar-refractivity contribution in [3.8, 4) is 0 Å². The lowest BCUT2D eigenvalue weighted by atomic mass is 9.77. The second-order valence-electron chi connectivity index (χ2n) is 7.20. The molecule has 0 rings (SSSR count). The highest BCUT2D eigenvalue weighted by molar-refractivity contribution is 9.06. The van der Waals surface area contributed by atoms with E-state index in [1.54, 1.807) is 18.2 Å². The van der Waals surface area contributed by atoms with E-state index in [1.165, 1.54) is 0 Å². The first kappa shape index (κ1) is 25.5. The van der Waals surface area contributed by atoms with E-state index in [0.717, 1.165) is 12.0 Å². The molecule has 0 aliphatic heterocycles. The molecule has 0 heterocycles. The molecular weight excluding hydrogens is 402 g/mol. The molecule has 0 saturated heterocycles. The van der Waals surface area contributed by atoms with Crippen LogP contribution in [-0.2, 0) is 8.62 Å². The number of carbonyl (C=O) groups is 1. The zero-order valence-corrected chi connectivity index (χ0v) is 19.3. The second-order valence-corrected chi connectivity index (χ2v) is 7.52. The second kappa shape index (κ2) is 12.1. The predicted octanol–water partition coefficient (Wildman–Crippen LogP) is 6.37. The molecule has 0 radical (unpaired) electrons. The number of ketones is 1. The van der Waals surface area contributed by atoms with Crippen molar-refractivity contribution in [2.75, 3.05) is 7.05 Å². The molecule has 4 heteroatoms. The van der Waals surface area contributed by atoms with Gasteiger partial charge in [-0.05, 0) is 52.2 Å². The molecule has 27 heavy (non-hydrogen) atoms. The van der Waals surface area contributed by atoms with Gasteiger partial charge in [-0.15, -0.1) is 0 Å². The molecule has 0 aromatic carbocycles. The summed E-state index contributed by atoms with van der Waals surface area (Å²) in [6, 6.07) is 0. The summed E-state index contributed by atoms with van der Waals surface area (Å²) < 4.78 is 5.43. The van der Waals surface area contributed by atoms with Gasteiger partial charge in [-0.1, -0.05) is 69.0 Å². The topological polar surface area (TPSA) is 38.3 Å². The molecule has 0 aliphatic rings. The maximum atomic E-state index is 12.7. The lowest BCUT2D eigenvalue weighted by Gasteiger charge is -2.36. The average molecular weight is 436 g/mol. The quantitative estimate of drug-likeness (QED) is 0.232. The van der Waals surface area contributed by atoms with E-state index >= 15 is 0 Å². The smallest absolute Gasteiger partial charge is 0.192 e. The third-order valence-corrected chi connectivity index (χ3v) is 5.12. The minimum absolute atomic E-state index is 0.0837. The van der Waals surface area contributed by atoms with E-state index in [0.29, 0.717) is 11.1 Å². The minimum atomic E-state index is -0.507. The van der Waals surface area contributed by atoms with E-state index in [2.05, 4.69) is 48.1 Å². The molecule has 1 atom stereocenters. The van der Waals surface area contributed by atoms with E-state index in [4.69, 9.17) is 3.83 Å². The van der Waals surface area contributed by atoms with E-state index < -0.39 is 5.72 Å². The summed E-state index contributed by atoms with van der Waals surface area (Å²) in [6.45, 7) is 16.0. The Labute approximate surface area is 174 Å². The Bertz CT molecular complexity index is 660. The average Bonchev–Trinajstić information content (AvgIpc) is 2.64. The molecular formula is C23H34BrNO2. The molecule has 1 unspecified atom stereocenters. The summed E-state index contributed by atoms with van der Waals surface area (Å²) in [5.74, 6) is -0.0837. The number of allylic oxidation sites excluding steroid dienone is 11. The molecule has 0 amide bonds. The van der Waals surface area contributed by atoms with Crippen molar-refractivity contribution in [3.63, 3.8) is 0 Å². The van der Waals surface area contributed by atoms with Crippen molar-refractivity contribution in [3.05, 3.63) is 71.9 Å². The summed E-state index contributed by atoms with van der Waals surface area (Å²) >= 11 is 3.11. The van der Waals surface area contributed by atoms with E-state index in [9.17, 15) is 4.79 Å². The Morgan fingerprint density at radius 2 is 1.74 bits per heavy atom. The van der Waals surface area contributed by atoms with E-state index in [-0.39, 0.29) is 11.2 Å². The number of hydrogen-bond acceptors (Lipinski definition) is 3. The van der Waals surface area contributed by atoms with Crippen LogP contribution in [0, 0.1) is 5.41 Å². The van der Waals surface area contributed by atoms with Crippen LogP contribution in [0.5, 0.6) is 0 Å². The fourth-order valence-corrected chi connectivity index (χ4v) is 3.13. The fourth-order valence-electron chi connectivity index (χ4n) is 2.85. The third-order valence-electron chi connectivity index (χ3n) is 4.40. The van der Waals surface area contributed by atoms with Crippen molar-refractivity contribution < 1.29 is 8.62 Å². The molecule has 150 valence electrons. The molecule has 0 spiro atoms. The van der Waals surface area contributed by atoms with Crippen LogP contribution in [0.3, 0.4) is 0 Å². The number of rotatable bonds is 11. The van der Waals surface area contributed by atoms with Gasteiger partial charge < -0.3 is 0 Å². The molecule has 3 nitrogen and oxygen atoms in total. The van der Waals surface area contributed by atoms with Gasteiger partial charge in [0.15, 0.2) is 5.78 Å². The summed E-state index contributed by atoms with van der Waals surface area (Å²) in [6.07, 6.45) is 15.7. The Morgan fingerprint density at radius 1 is 1.11 bits per heavy atom. The largest absolute Gasteiger partial charge is 0.292 e. The van der Waals surface area contributed by atoms with Crippen molar-refractivity contribution in [1.82, 2.24) is 5.32 Å². The van der Waals surface area contributed by atoms with Crippen LogP contribution < -0.4 is 5.32 Å². The standard InChI is InChI=1S/C23H34BrNO2/c1-9-12-14-19(13-10-2)21(26)18(4)15-16-20(11-3)22(5,6)17-23(7,25-8)27-24/h9-16,25H,4,17H2,1-3,5-8H3/b12-9-,13-10-,16-15-,19-14+,20-11+. The maximum absolute atomic E-state index is 12.7. The van der Waals surface area contributed by atoms with Crippen molar-refractivity contribution in [2.45, 2.75) is 53.7 Å². The van der Waals surface area contributed by atoms with Crippen LogP contribution >= 0.6 is 16.3 Å². The first-order chi connectivity index (χ1) is 12.6. The monoisotopic (exact) mass is 435 g/mol. The van der Waals surface area contributed by atoms with E-state index in [1.807, 2.05) is 59.0 Å². The van der Waals surface area contributed by atoms with Crippen molar-refractivity contribution >= 4 is 22.0 Å². The Kier molecular flexibility index (Phi) is 11.4. The summed E-state index contributed by atoms with van der Waals surface area (Å²) in [4.78, 5) is 12.7. The van der Waals surface area contributed by atoms with Gasteiger partial charge in [0.2, 0.25) is 0 Å². The first-order valence-electron chi connectivity index (χ1n) is 9.13. The van der Waals surface area contributed by atoms with Gasteiger partial charge in [-0.25, -0.2) is 0 Å². The number of Topliss-reactive ketones (excluding diaryl/α,β-unsaturated/α-hetero) is 1. The molecule has 0 saturated carbocycles. The Balaban J connectivity index is 5.49. The highest BCUT2D eigenvalue weighted by atomic mass is 79.9. The summed E-state index contributed by atoms with van der Waals surface area (Å²) in [5, 5.41) is 3.18. The Morgan fingerprint density at radius 3 is 2.19 bits per heavy atom. The molecule has 0 bridgehead atoms. The SMILES string of the molecule is C=C(/C=C\C(=C/C)C(C)(C)CC(C)(NC)OBr)C(=O)C(/C=C\C)=C/C=C\C. The van der Waals surface area contributed by atoms with Crippen molar-refractivity contribution in [1.29, 1.82) is 0 Å². The van der Waals surface area contributed by atoms with Crippen LogP contribution in [0.25, 0.3) is 0 Å². The van der Waals surface area contributed by atoms with Gasteiger partial charge >= 0.3 is 0 Å². The highest BCUT2D eigenvalue weighted by Crippen LogP contribution is 2.37.